The summed E-state index contributed by atoms with van der Waals surface area (Å²) in [6.45, 7) is 5.63. The van der Waals surface area contributed by atoms with Crippen molar-refractivity contribution in [2.24, 2.45) is 0 Å². The van der Waals surface area contributed by atoms with E-state index in [9.17, 15) is 9.59 Å². The Balaban J connectivity index is 1.26. The minimum Gasteiger partial charge on any atom is -0.341 e. The quantitative estimate of drug-likeness (QED) is 0.623. The number of fused-ring (bicyclic) bond motifs is 1. The Kier molecular flexibility index (Phi) is 6.70. The van der Waals surface area contributed by atoms with E-state index in [1.54, 1.807) is 7.05 Å². The van der Waals surface area contributed by atoms with Crippen molar-refractivity contribution >= 4 is 34.5 Å². The van der Waals surface area contributed by atoms with Crippen LogP contribution >= 0.6 is 0 Å². The number of aromatic nitrogens is 2. The van der Waals surface area contributed by atoms with E-state index in [-0.39, 0.29) is 18.4 Å². The van der Waals surface area contributed by atoms with Crippen LogP contribution in [0.4, 0.5) is 11.6 Å². The molecule has 1 aromatic heterocycles. The molecule has 8 nitrogen and oxygen atoms in total. The number of carbonyl (C=O) groups is 2. The van der Waals surface area contributed by atoms with Gasteiger partial charge in [0.25, 0.3) is 0 Å². The van der Waals surface area contributed by atoms with E-state index in [1.165, 1.54) is 4.90 Å². The van der Waals surface area contributed by atoms with Gasteiger partial charge in [0.1, 0.15) is 0 Å². The molecule has 1 saturated heterocycles. The Labute approximate surface area is 188 Å². The van der Waals surface area contributed by atoms with Gasteiger partial charge in [0.15, 0.2) is 0 Å². The van der Waals surface area contributed by atoms with Crippen LogP contribution in [0.25, 0.3) is 11.0 Å². The highest BCUT2D eigenvalue weighted by molar-refractivity contribution is 5.94. The molecule has 3 aromatic rings. The van der Waals surface area contributed by atoms with Crippen LogP contribution in [0.2, 0.25) is 0 Å². The zero-order valence-electron chi connectivity index (χ0n) is 18.7. The first-order chi connectivity index (χ1) is 15.5. The summed E-state index contributed by atoms with van der Waals surface area (Å²) in [6.07, 6.45) is 0.946. The second-order valence-corrected chi connectivity index (χ2v) is 8.36. The van der Waals surface area contributed by atoms with Crippen molar-refractivity contribution in [1.29, 1.82) is 0 Å². The number of imidazole rings is 1. The van der Waals surface area contributed by atoms with E-state index in [0.29, 0.717) is 6.54 Å². The fraction of sp³-hybridized carbons (Fsp3) is 0.375. The molecule has 0 unspecified atom stereocenters. The molecule has 4 rings (SSSR count). The van der Waals surface area contributed by atoms with Gasteiger partial charge < -0.3 is 20.1 Å². The highest BCUT2D eigenvalue weighted by Crippen LogP contribution is 2.18. The minimum atomic E-state index is -0.198. The molecule has 0 atom stereocenters. The van der Waals surface area contributed by atoms with Crippen LogP contribution in [0.5, 0.6) is 0 Å². The highest BCUT2D eigenvalue weighted by atomic mass is 16.2. The zero-order chi connectivity index (χ0) is 22.5. The monoisotopic (exact) mass is 434 g/mol. The van der Waals surface area contributed by atoms with Crippen LogP contribution in [0.15, 0.2) is 48.5 Å². The molecule has 2 aromatic carbocycles. The lowest BCUT2D eigenvalue weighted by molar-refractivity contribution is -0.134. The van der Waals surface area contributed by atoms with E-state index in [1.807, 2.05) is 55.5 Å². The lowest BCUT2D eigenvalue weighted by Gasteiger charge is -2.24. The smallest absolute Gasteiger partial charge is 0.243 e. The first-order valence-electron chi connectivity index (χ1n) is 11.0. The second-order valence-electron chi connectivity index (χ2n) is 8.36. The average molecular weight is 435 g/mol. The van der Waals surface area contributed by atoms with Crippen LogP contribution in [-0.4, -0.2) is 77.9 Å². The van der Waals surface area contributed by atoms with E-state index in [4.69, 9.17) is 4.98 Å². The first-order valence-corrected chi connectivity index (χ1v) is 11.0. The molecular formula is C24H30N6O2. The molecule has 1 aliphatic rings. The van der Waals surface area contributed by atoms with Gasteiger partial charge in [-0.2, -0.15) is 0 Å². The van der Waals surface area contributed by atoms with E-state index < -0.39 is 0 Å². The maximum atomic E-state index is 12.7. The summed E-state index contributed by atoms with van der Waals surface area (Å²) in [7, 11) is 1.68. The average Bonchev–Trinajstić information content (AvgIpc) is 3.07. The fourth-order valence-corrected chi connectivity index (χ4v) is 3.88. The van der Waals surface area contributed by atoms with Crippen LogP contribution < -0.4 is 10.2 Å². The number of rotatable bonds is 6. The molecule has 8 heteroatoms. The third-order valence-corrected chi connectivity index (χ3v) is 5.77. The van der Waals surface area contributed by atoms with E-state index in [2.05, 4.69) is 20.1 Å². The highest BCUT2D eigenvalue weighted by Gasteiger charge is 2.21. The topological polar surface area (TPSA) is 84.6 Å². The molecule has 2 heterocycles. The van der Waals surface area contributed by atoms with Crippen LogP contribution in [-0.2, 0) is 9.59 Å². The Morgan fingerprint density at radius 2 is 1.84 bits per heavy atom. The van der Waals surface area contributed by atoms with Gasteiger partial charge in [-0.3, -0.25) is 14.5 Å². The summed E-state index contributed by atoms with van der Waals surface area (Å²) in [4.78, 5) is 39.0. The van der Waals surface area contributed by atoms with E-state index >= 15 is 0 Å². The molecule has 1 aliphatic heterocycles. The van der Waals surface area contributed by atoms with Gasteiger partial charge in [-0.25, -0.2) is 4.98 Å². The molecule has 0 spiro atoms. The number of likely N-dealkylation sites (N-methyl/N-ethyl adjacent to an activating group) is 1. The predicted octanol–water partition coefficient (Wildman–Crippen LogP) is 2.48. The SMILES string of the molecule is Cc1ccc(NC(=O)CN(C)C(=O)CN2CCCN(c3nc4ccccc4[nH]3)CC2)cc1. The summed E-state index contributed by atoms with van der Waals surface area (Å²) < 4.78 is 0. The molecule has 2 N–H and O–H groups in total. The molecule has 0 bridgehead atoms. The maximum absolute atomic E-state index is 12.7. The van der Waals surface area contributed by atoms with Crippen molar-refractivity contribution < 1.29 is 9.59 Å². The Morgan fingerprint density at radius 3 is 2.62 bits per heavy atom. The third kappa shape index (κ3) is 5.45. The fourth-order valence-electron chi connectivity index (χ4n) is 3.88. The van der Waals surface area contributed by atoms with Crippen LogP contribution in [0.3, 0.4) is 0 Å². The number of nitrogens with one attached hydrogen (secondary N) is 2. The number of hydrogen-bond acceptors (Lipinski definition) is 5. The normalized spacial score (nSPS) is 14.9. The Hall–Kier alpha value is -3.39. The first kappa shape index (κ1) is 21.8. The number of hydrogen-bond donors (Lipinski definition) is 2. The van der Waals surface area contributed by atoms with Crippen molar-refractivity contribution in [3.63, 3.8) is 0 Å². The minimum absolute atomic E-state index is 0.0334. The van der Waals surface area contributed by atoms with Gasteiger partial charge in [0.05, 0.1) is 24.1 Å². The van der Waals surface area contributed by atoms with Crippen molar-refractivity contribution in [2.45, 2.75) is 13.3 Å². The summed E-state index contributed by atoms with van der Waals surface area (Å²) >= 11 is 0. The van der Waals surface area contributed by atoms with Gasteiger partial charge in [-0.15, -0.1) is 0 Å². The van der Waals surface area contributed by atoms with Crippen molar-refractivity contribution in [3.05, 3.63) is 54.1 Å². The maximum Gasteiger partial charge on any atom is 0.243 e. The molecule has 2 amide bonds. The number of amides is 2. The molecule has 0 radical (unpaired) electrons. The molecule has 0 saturated carbocycles. The van der Waals surface area contributed by atoms with E-state index in [0.717, 1.165) is 60.8 Å². The predicted molar refractivity (Wildman–Crippen MR) is 127 cm³/mol. The number of carbonyl (C=O) groups excluding carboxylic acids is 2. The lowest BCUT2D eigenvalue weighted by atomic mass is 10.2. The van der Waals surface area contributed by atoms with Gasteiger partial charge in [-0.1, -0.05) is 29.8 Å². The number of para-hydroxylation sites is 2. The van der Waals surface area contributed by atoms with Gasteiger partial charge in [-0.05, 0) is 37.6 Å². The number of aryl methyl sites for hydroxylation is 1. The Bertz CT molecular complexity index is 1040. The molecule has 0 aliphatic carbocycles. The summed E-state index contributed by atoms with van der Waals surface area (Å²) in [5.74, 6) is 0.627. The second kappa shape index (κ2) is 9.82. The molecule has 32 heavy (non-hydrogen) atoms. The standard InChI is InChI=1S/C24H30N6O2/c1-18-8-10-19(11-9-18)25-22(31)16-28(2)23(32)17-29-12-5-13-30(15-14-29)24-26-20-6-3-4-7-21(20)27-24/h3-4,6-11H,5,12-17H2,1-2H3,(H,25,31)(H,26,27). The largest absolute Gasteiger partial charge is 0.341 e. The lowest BCUT2D eigenvalue weighted by Crippen LogP contribution is -2.42. The molecule has 1 fully saturated rings. The van der Waals surface area contributed by atoms with Crippen molar-refractivity contribution in [2.75, 3.05) is 56.5 Å². The van der Waals surface area contributed by atoms with Gasteiger partial charge in [0.2, 0.25) is 17.8 Å². The van der Waals surface area contributed by atoms with Gasteiger partial charge in [0, 0.05) is 38.9 Å². The molecule has 168 valence electrons. The summed E-state index contributed by atoms with van der Waals surface area (Å²) in [5.41, 5.74) is 3.86. The van der Waals surface area contributed by atoms with Crippen molar-refractivity contribution in [3.8, 4) is 0 Å². The Morgan fingerprint density at radius 1 is 1.06 bits per heavy atom. The van der Waals surface area contributed by atoms with Crippen LogP contribution in [0.1, 0.15) is 12.0 Å². The number of nitrogens with zero attached hydrogens (tertiary/aromatic N) is 4. The summed E-state index contributed by atoms with van der Waals surface area (Å²) in [5, 5.41) is 2.84. The number of benzene rings is 2. The third-order valence-electron chi connectivity index (χ3n) is 5.77. The number of H-pyrrole nitrogens is 1. The van der Waals surface area contributed by atoms with Crippen LogP contribution in [0, 0.1) is 6.92 Å². The zero-order valence-corrected chi connectivity index (χ0v) is 18.7. The summed E-state index contributed by atoms with van der Waals surface area (Å²) in [6, 6.07) is 15.6. The molecular weight excluding hydrogens is 404 g/mol. The van der Waals surface area contributed by atoms with Gasteiger partial charge >= 0.3 is 0 Å². The number of aromatic amines is 1. The number of anilines is 2. The van der Waals surface area contributed by atoms with Crippen molar-refractivity contribution in [1.82, 2.24) is 19.8 Å².